The fourth-order valence-electron chi connectivity index (χ4n) is 2.78. The van der Waals surface area contributed by atoms with Crippen molar-refractivity contribution in [3.63, 3.8) is 0 Å². The molecular formula is C20H15FN7O2. The molecule has 0 atom stereocenters. The van der Waals surface area contributed by atoms with Crippen molar-refractivity contribution in [3.05, 3.63) is 89.4 Å². The van der Waals surface area contributed by atoms with Gasteiger partial charge in [-0.3, -0.25) is 10.1 Å². The van der Waals surface area contributed by atoms with Crippen molar-refractivity contribution >= 4 is 11.5 Å². The van der Waals surface area contributed by atoms with Crippen molar-refractivity contribution in [2.75, 3.05) is 11.9 Å². The van der Waals surface area contributed by atoms with Crippen LogP contribution < -0.4 is 5.32 Å². The third-order valence-electron chi connectivity index (χ3n) is 4.22. The van der Waals surface area contributed by atoms with Crippen LogP contribution >= 0.6 is 0 Å². The van der Waals surface area contributed by atoms with Crippen molar-refractivity contribution in [1.29, 1.82) is 0 Å². The van der Waals surface area contributed by atoms with E-state index in [1.54, 1.807) is 43.2 Å². The predicted octanol–water partition coefficient (Wildman–Crippen LogP) is 3.64. The highest BCUT2D eigenvalue weighted by Crippen LogP contribution is 2.29. The number of aromatic nitrogens is 5. The van der Waals surface area contributed by atoms with Gasteiger partial charge in [0.05, 0.1) is 16.2 Å². The Morgan fingerprint density at radius 2 is 1.97 bits per heavy atom. The molecule has 9 nitrogen and oxygen atoms in total. The monoisotopic (exact) mass is 404 g/mol. The average Bonchev–Trinajstić information content (AvgIpc) is 3.29. The number of aromatic amines is 1. The van der Waals surface area contributed by atoms with Crippen molar-refractivity contribution in [3.8, 4) is 22.6 Å². The lowest BCUT2D eigenvalue weighted by Crippen LogP contribution is -2.08. The standard InChI is InChI=1S/C20H15FN7O2/c21-16-4-2-1-3-14(16)19-15(20-23-9-10-24-20)12-26-18(27-19)7-8-22-17-6-5-13(11-25-17)28(29)30/h1-7,9-12H,8H2,(H,22,25)(H,23,24). The highest BCUT2D eigenvalue weighted by atomic mass is 19.1. The highest BCUT2D eigenvalue weighted by molar-refractivity contribution is 5.77. The molecule has 0 bridgehead atoms. The van der Waals surface area contributed by atoms with Crippen LogP contribution in [0.4, 0.5) is 15.9 Å². The maximum atomic E-state index is 14.4. The van der Waals surface area contributed by atoms with Crippen molar-refractivity contribution in [2.45, 2.75) is 0 Å². The number of rotatable bonds is 7. The SMILES string of the molecule is O=[N+]([O-])c1ccc(NC[CH]c2ncc(-c3ncc[nH]3)c(-c3ccccc3F)n2)nc1. The van der Waals surface area contributed by atoms with E-state index in [0.29, 0.717) is 40.8 Å². The molecule has 0 fully saturated rings. The summed E-state index contributed by atoms with van der Waals surface area (Å²) in [7, 11) is 0. The second-order valence-electron chi connectivity index (χ2n) is 6.15. The summed E-state index contributed by atoms with van der Waals surface area (Å²) < 4.78 is 14.4. The van der Waals surface area contributed by atoms with Crippen LogP contribution in [0, 0.1) is 22.4 Å². The molecule has 1 aromatic carbocycles. The largest absolute Gasteiger partial charge is 0.369 e. The van der Waals surface area contributed by atoms with Gasteiger partial charge >= 0.3 is 0 Å². The summed E-state index contributed by atoms with van der Waals surface area (Å²) in [6.07, 6.45) is 7.74. The first-order valence-corrected chi connectivity index (χ1v) is 8.91. The Bertz CT molecular complexity index is 1160. The Balaban J connectivity index is 1.55. The number of nitrogens with zero attached hydrogens (tertiary/aromatic N) is 5. The van der Waals surface area contributed by atoms with Crippen molar-refractivity contribution in [1.82, 2.24) is 24.9 Å². The first kappa shape index (κ1) is 19.1. The van der Waals surface area contributed by atoms with E-state index < -0.39 is 10.7 Å². The highest BCUT2D eigenvalue weighted by Gasteiger charge is 2.16. The van der Waals surface area contributed by atoms with Gasteiger partial charge in [0.2, 0.25) is 0 Å². The molecule has 149 valence electrons. The summed E-state index contributed by atoms with van der Waals surface area (Å²) >= 11 is 0. The fourth-order valence-corrected chi connectivity index (χ4v) is 2.78. The summed E-state index contributed by atoms with van der Waals surface area (Å²) in [5, 5.41) is 13.7. The average molecular weight is 404 g/mol. The Labute approximate surface area is 170 Å². The van der Waals surface area contributed by atoms with Gasteiger partial charge < -0.3 is 10.3 Å². The molecule has 0 aliphatic rings. The molecule has 1 radical (unpaired) electrons. The van der Waals surface area contributed by atoms with Gasteiger partial charge in [-0.2, -0.15) is 0 Å². The zero-order valence-electron chi connectivity index (χ0n) is 15.5. The molecule has 0 aliphatic carbocycles. The number of nitrogens with one attached hydrogen (secondary N) is 2. The number of benzene rings is 1. The second-order valence-corrected chi connectivity index (χ2v) is 6.15. The Hall–Kier alpha value is -4.21. The molecule has 0 saturated heterocycles. The number of imidazole rings is 1. The second kappa shape index (κ2) is 8.43. The first-order valence-electron chi connectivity index (χ1n) is 8.91. The Morgan fingerprint density at radius 3 is 2.67 bits per heavy atom. The number of halogens is 1. The number of anilines is 1. The minimum Gasteiger partial charge on any atom is -0.369 e. The van der Waals surface area contributed by atoms with Crippen LogP contribution in [0.15, 0.2) is 61.2 Å². The number of pyridine rings is 1. The van der Waals surface area contributed by atoms with E-state index in [9.17, 15) is 14.5 Å². The molecule has 10 heteroatoms. The fraction of sp³-hybridized carbons (Fsp3) is 0.0500. The number of hydrogen-bond acceptors (Lipinski definition) is 7. The van der Waals surface area contributed by atoms with Gasteiger partial charge in [0.25, 0.3) is 5.69 Å². The molecule has 0 unspecified atom stereocenters. The first-order chi connectivity index (χ1) is 14.6. The van der Waals surface area contributed by atoms with Crippen LogP contribution in [0.3, 0.4) is 0 Å². The maximum Gasteiger partial charge on any atom is 0.287 e. The van der Waals surface area contributed by atoms with Gasteiger partial charge in [0, 0.05) is 43.2 Å². The van der Waals surface area contributed by atoms with Crippen LogP contribution in [-0.4, -0.2) is 36.4 Å². The number of hydrogen-bond donors (Lipinski definition) is 2. The lowest BCUT2D eigenvalue weighted by Gasteiger charge is -2.10. The third kappa shape index (κ3) is 4.12. The minimum absolute atomic E-state index is 0.0871. The zero-order chi connectivity index (χ0) is 20.9. The topological polar surface area (TPSA) is 123 Å². The molecule has 3 heterocycles. The summed E-state index contributed by atoms with van der Waals surface area (Å²) in [5.41, 5.74) is 1.24. The molecule has 4 rings (SSSR count). The van der Waals surface area contributed by atoms with Gasteiger partial charge in [-0.25, -0.2) is 24.3 Å². The molecule has 0 amide bonds. The van der Waals surface area contributed by atoms with E-state index in [2.05, 4.69) is 30.2 Å². The van der Waals surface area contributed by atoms with Gasteiger partial charge in [0.1, 0.15) is 29.5 Å². The molecule has 0 spiro atoms. The van der Waals surface area contributed by atoms with Crippen LogP contribution in [0.5, 0.6) is 0 Å². The van der Waals surface area contributed by atoms with Crippen LogP contribution in [0.2, 0.25) is 0 Å². The van der Waals surface area contributed by atoms with Gasteiger partial charge in [-0.15, -0.1) is 0 Å². The van der Waals surface area contributed by atoms with E-state index in [1.807, 2.05) is 0 Å². The maximum absolute atomic E-state index is 14.4. The van der Waals surface area contributed by atoms with Crippen LogP contribution in [0.25, 0.3) is 22.6 Å². The lowest BCUT2D eigenvalue weighted by molar-refractivity contribution is -0.385. The van der Waals surface area contributed by atoms with E-state index in [-0.39, 0.29) is 5.69 Å². The summed E-state index contributed by atoms with van der Waals surface area (Å²) in [4.78, 5) is 30.2. The minimum atomic E-state index is -0.512. The molecule has 0 saturated carbocycles. The quantitative estimate of drug-likeness (QED) is 0.356. The van der Waals surface area contributed by atoms with Crippen molar-refractivity contribution in [2.24, 2.45) is 0 Å². The van der Waals surface area contributed by atoms with E-state index in [4.69, 9.17) is 0 Å². The van der Waals surface area contributed by atoms with Gasteiger partial charge in [0.15, 0.2) is 0 Å². The number of nitro groups is 1. The van der Waals surface area contributed by atoms with E-state index in [0.717, 1.165) is 0 Å². The summed E-state index contributed by atoms with van der Waals surface area (Å²) in [5.74, 6) is 0.993. The lowest BCUT2D eigenvalue weighted by atomic mass is 10.1. The Morgan fingerprint density at radius 1 is 1.10 bits per heavy atom. The molecule has 30 heavy (non-hydrogen) atoms. The summed E-state index contributed by atoms with van der Waals surface area (Å²) in [6.45, 7) is 0.321. The molecule has 0 aliphatic heterocycles. The number of H-pyrrole nitrogens is 1. The van der Waals surface area contributed by atoms with Gasteiger partial charge in [-0.05, 0) is 18.2 Å². The van der Waals surface area contributed by atoms with E-state index in [1.165, 1.54) is 24.4 Å². The molecule has 3 aromatic heterocycles. The van der Waals surface area contributed by atoms with Crippen LogP contribution in [0.1, 0.15) is 5.82 Å². The molecular weight excluding hydrogens is 389 g/mol. The normalized spacial score (nSPS) is 10.7. The zero-order valence-corrected chi connectivity index (χ0v) is 15.5. The van der Waals surface area contributed by atoms with Gasteiger partial charge in [-0.1, -0.05) is 12.1 Å². The van der Waals surface area contributed by atoms with Crippen molar-refractivity contribution < 1.29 is 9.31 Å². The smallest absolute Gasteiger partial charge is 0.287 e. The summed E-state index contributed by atoms with van der Waals surface area (Å²) in [6, 6.07) is 9.23. The van der Waals surface area contributed by atoms with Crippen LogP contribution in [-0.2, 0) is 0 Å². The van der Waals surface area contributed by atoms with E-state index >= 15 is 0 Å². The predicted molar refractivity (Wildman–Crippen MR) is 108 cm³/mol. The molecule has 4 aromatic rings. The third-order valence-corrected chi connectivity index (χ3v) is 4.22. The Kier molecular flexibility index (Phi) is 5.37. The molecule has 2 N–H and O–H groups in total.